The minimum Gasteiger partial charge on any atom is -0.341 e. The number of aromatic nitrogens is 2. The summed E-state index contributed by atoms with van der Waals surface area (Å²) in [5.41, 5.74) is 0.327. The Hall–Kier alpha value is -3.22. The molecule has 7 heteroatoms. The molecule has 26 heavy (non-hydrogen) atoms. The van der Waals surface area contributed by atoms with Crippen LogP contribution in [0.3, 0.4) is 0 Å². The van der Waals surface area contributed by atoms with Crippen LogP contribution in [0.25, 0.3) is 10.9 Å². The van der Waals surface area contributed by atoms with Gasteiger partial charge in [-0.25, -0.2) is 9.18 Å². The number of nitrogens with one attached hydrogen (secondary N) is 1. The van der Waals surface area contributed by atoms with Crippen LogP contribution in [-0.2, 0) is 17.9 Å². The highest BCUT2D eigenvalue weighted by molar-refractivity contribution is 5.78. The van der Waals surface area contributed by atoms with E-state index in [0.29, 0.717) is 17.4 Å². The Morgan fingerprint density at radius 3 is 2.54 bits per heavy atom. The third kappa shape index (κ3) is 3.72. The van der Waals surface area contributed by atoms with Crippen molar-refractivity contribution in [3.8, 4) is 0 Å². The molecule has 0 spiro atoms. The van der Waals surface area contributed by atoms with Gasteiger partial charge in [0, 0.05) is 26.6 Å². The summed E-state index contributed by atoms with van der Waals surface area (Å²) in [4.78, 5) is 40.1. The molecule has 1 heterocycles. The summed E-state index contributed by atoms with van der Waals surface area (Å²) in [5.74, 6) is -0.483. The smallest absolute Gasteiger partial charge is 0.328 e. The average molecular weight is 355 g/mol. The van der Waals surface area contributed by atoms with Crippen molar-refractivity contribution in [2.75, 3.05) is 7.05 Å². The van der Waals surface area contributed by atoms with Crippen LogP contribution in [0.15, 0.2) is 58.1 Å². The maximum atomic E-state index is 12.9. The first-order chi connectivity index (χ1) is 12.5. The van der Waals surface area contributed by atoms with Crippen molar-refractivity contribution in [1.29, 1.82) is 0 Å². The fourth-order valence-electron chi connectivity index (χ4n) is 2.81. The summed E-state index contributed by atoms with van der Waals surface area (Å²) in [7, 11) is 1.65. The van der Waals surface area contributed by atoms with Crippen molar-refractivity contribution in [3.63, 3.8) is 0 Å². The van der Waals surface area contributed by atoms with E-state index in [2.05, 4.69) is 4.98 Å². The maximum Gasteiger partial charge on any atom is 0.328 e. The number of carbonyl (C=O) groups is 1. The number of hydrogen-bond donors (Lipinski definition) is 1. The van der Waals surface area contributed by atoms with Gasteiger partial charge in [-0.2, -0.15) is 0 Å². The minimum absolute atomic E-state index is 0.105. The molecule has 0 bridgehead atoms. The summed E-state index contributed by atoms with van der Waals surface area (Å²) in [6, 6.07) is 12.7. The van der Waals surface area contributed by atoms with Gasteiger partial charge in [-0.15, -0.1) is 0 Å². The molecule has 0 aliphatic carbocycles. The molecule has 0 saturated heterocycles. The Labute approximate surface area is 148 Å². The number of hydrogen-bond acceptors (Lipinski definition) is 3. The van der Waals surface area contributed by atoms with E-state index in [1.54, 1.807) is 43.4 Å². The largest absolute Gasteiger partial charge is 0.341 e. The Kier molecular flexibility index (Phi) is 4.97. The number of carbonyl (C=O) groups excluding carboxylic acids is 1. The number of fused-ring (bicyclic) bond motifs is 1. The van der Waals surface area contributed by atoms with Crippen molar-refractivity contribution in [3.05, 3.63) is 80.7 Å². The summed E-state index contributed by atoms with van der Waals surface area (Å²) < 4.78 is 14.3. The molecule has 0 aliphatic rings. The predicted molar refractivity (Wildman–Crippen MR) is 96.3 cm³/mol. The number of aryl methyl sites for hydroxylation is 1. The van der Waals surface area contributed by atoms with Crippen LogP contribution in [0.5, 0.6) is 0 Å². The summed E-state index contributed by atoms with van der Waals surface area (Å²) in [6.45, 7) is 0.503. The first kappa shape index (κ1) is 17.6. The fraction of sp³-hybridized carbons (Fsp3) is 0.211. The molecule has 0 unspecified atom stereocenters. The molecule has 1 aromatic heterocycles. The Morgan fingerprint density at radius 1 is 1.12 bits per heavy atom. The first-order valence-corrected chi connectivity index (χ1v) is 8.16. The van der Waals surface area contributed by atoms with Gasteiger partial charge in [-0.05, 0) is 29.8 Å². The van der Waals surface area contributed by atoms with Crippen LogP contribution in [0.1, 0.15) is 12.0 Å². The zero-order chi connectivity index (χ0) is 18.7. The highest BCUT2D eigenvalue weighted by Gasteiger charge is 2.12. The third-order valence-corrected chi connectivity index (χ3v) is 4.21. The number of para-hydroxylation sites is 1. The molecule has 6 nitrogen and oxygen atoms in total. The molecule has 0 fully saturated rings. The van der Waals surface area contributed by atoms with E-state index in [-0.39, 0.29) is 24.7 Å². The Balaban J connectivity index is 1.73. The van der Waals surface area contributed by atoms with Crippen LogP contribution in [-0.4, -0.2) is 27.4 Å². The summed E-state index contributed by atoms with van der Waals surface area (Å²) in [5, 5.41) is 0.402. The highest BCUT2D eigenvalue weighted by atomic mass is 19.1. The first-order valence-electron chi connectivity index (χ1n) is 8.16. The number of amides is 1. The van der Waals surface area contributed by atoms with Gasteiger partial charge in [-0.1, -0.05) is 24.3 Å². The summed E-state index contributed by atoms with van der Waals surface area (Å²) >= 11 is 0. The third-order valence-electron chi connectivity index (χ3n) is 4.21. The van der Waals surface area contributed by atoms with E-state index < -0.39 is 11.2 Å². The van der Waals surface area contributed by atoms with Gasteiger partial charge in [0.15, 0.2) is 0 Å². The lowest BCUT2D eigenvalue weighted by Gasteiger charge is -2.18. The van der Waals surface area contributed by atoms with E-state index >= 15 is 0 Å². The summed E-state index contributed by atoms with van der Waals surface area (Å²) in [6.07, 6.45) is 0.105. The molecule has 0 atom stereocenters. The van der Waals surface area contributed by atoms with Crippen molar-refractivity contribution < 1.29 is 9.18 Å². The lowest BCUT2D eigenvalue weighted by atomic mass is 10.2. The zero-order valence-corrected chi connectivity index (χ0v) is 14.2. The van der Waals surface area contributed by atoms with E-state index in [4.69, 9.17) is 0 Å². The molecule has 3 rings (SSSR count). The van der Waals surface area contributed by atoms with Crippen molar-refractivity contribution in [2.24, 2.45) is 0 Å². The fourth-order valence-corrected chi connectivity index (χ4v) is 2.81. The van der Waals surface area contributed by atoms with Gasteiger partial charge in [-0.3, -0.25) is 19.1 Å². The van der Waals surface area contributed by atoms with Crippen LogP contribution in [0, 0.1) is 5.82 Å². The predicted octanol–water partition coefficient (Wildman–Crippen LogP) is 1.88. The van der Waals surface area contributed by atoms with Crippen LogP contribution < -0.4 is 11.2 Å². The second-order valence-electron chi connectivity index (χ2n) is 6.05. The molecule has 0 saturated carbocycles. The number of halogens is 1. The van der Waals surface area contributed by atoms with Crippen molar-refractivity contribution >= 4 is 16.8 Å². The molecule has 0 aliphatic heterocycles. The van der Waals surface area contributed by atoms with E-state index in [9.17, 15) is 18.8 Å². The Morgan fingerprint density at radius 2 is 1.81 bits per heavy atom. The maximum absolute atomic E-state index is 12.9. The standard InChI is InChI=1S/C19H18FN3O3/c1-22(12-13-6-8-14(20)9-7-13)17(24)10-11-23-16-5-3-2-4-15(16)18(25)21-19(23)26/h2-9H,10-12H2,1H3,(H,21,25,26). The topological polar surface area (TPSA) is 75.2 Å². The van der Waals surface area contributed by atoms with E-state index in [1.165, 1.54) is 21.6 Å². The van der Waals surface area contributed by atoms with Crippen molar-refractivity contribution in [1.82, 2.24) is 14.5 Å². The highest BCUT2D eigenvalue weighted by Crippen LogP contribution is 2.09. The van der Waals surface area contributed by atoms with Gasteiger partial charge in [0.25, 0.3) is 5.56 Å². The molecule has 134 valence electrons. The Bertz CT molecular complexity index is 1050. The van der Waals surface area contributed by atoms with Crippen LogP contribution >= 0.6 is 0 Å². The molecular weight excluding hydrogens is 337 g/mol. The SMILES string of the molecule is CN(Cc1ccc(F)cc1)C(=O)CCn1c(=O)[nH]c(=O)c2ccccc21. The normalized spacial score (nSPS) is 10.8. The average Bonchev–Trinajstić information content (AvgIpc) is 2.63. The van der Waals surface area contributed by atoms with Gasteiger partial charge >= 0.3 is 5.69 Å². The number of rotatable bonds is 5. The lowest BCUT2D eigenvalue weighted by Crippen LogP contribution is -2.33. The molecule has 2 aromatic carbocycles. The number of H-pyrrole nitrogens is 1. The molecule has 0 radical (unpaired) electrons. The van der Waals surface area contributed by atoms with Gasteiger partial charge in [0.2, 0.25) is 5.91 Å². The van der Waals surface area contributed by atoms with E-state index in [0.717, 1.165) is 5.56 Å². The minimum atomic E-state index is -0.539. The van der Waals surface area contributed by atoms with Gasteiger partial charge in [0.1, 0.15) is 5.82 Å². The van der Waals surface area contributed by atoms with Gasteiger partial charge in [0.05, 0.1) is 10.9 Å². The van der Waals surface area contributed by atoms with Crippen LogP contribution in [0.4, 0.5) is 4.39 Å². The quantitative estimate of drug-likeness (QED) is 0.759. The monoisotopic (exact) mass is 355 g/mol. The number of aromatic amines is 1. The molecular formula is C19H18FN3O3. The molecule has 1 amide bonds. The second kappa shape index (κ2) is 7.35. The molecule has 1 N–H and O–H groups in total. The molecule has 3 aromatic rings. The zero-order valence-electron chi connectivity index (χ0n) is 14.2. The van der Waals surface area contributed by atoms with Crippen LogP contribution in [0.2, 0.25) is 0 Å². The number of benzene rings is 2. The van der Waals surface area contributed by atoms with Crippen molar-refractivity contribution in [2.45, 2.75) is 19.5 Å². The second-order valence-corrected chi connectivity index (χ2v) is 6.05. The van der Waals surface area contributed by atoms with E-state index in [1.807, 2.05) is 0 Å². The number of nitrogens with zero attached hydrogens (tertiary/aromatic N) is 2. The van der Waals surface area contributed by atoms with Gasteiger partial charge < -0.3 is 4.90 Å². The lowest BCUT2D eigenvalue weighted by molar-refractivity contribution is -0.130.